The number of hydrogen-bond donors (Lipinski definition) is 1. The lowest BCUT2D eigenvalue weighted by molar-refractivity contribution is 0.621. The highest BCUT2D eigenvalue weighted by molar-refractivity contribution is 7.83. The Labute approximate surface area is 184 Å². The zero-order valence-corrected chi connectivity index (χ0v) is 18.6. The predicted octanol–water partition coefficient (Wildman–Crippen LogP) is 6.16. The number of benzene rings is 3. The fourth-order valence-corrected chi connectivity index (χ4v) is 5.02. The average Bonchev–Trinajstić information content (AvgIpc) is 3.07. The zero-order chi connectivity index (χ0) is 21.4. The molecular formula is C24H24ClFN2OS. The van der Waals surface area contributed by atoms with Crippen molar-refractivity contribution in [2.24, 2.45) is 0 Å². The van der Waals surface area contributed by atoms with Crippen molar-refractivity contribution < 1.29 is 8.60 Å². The van der Waals surface area contributed by atoms with Gasteiger partial charge in [-0.15, -0.1) is 0 Å². The largest absolute Gasteiger partial charge is 0.342 e. The van der Waals surface area contributed by atoms with Crippen LogP contribution in [0.25, 0.3) is 10.8 Å². The van der Waals surface area contributed by atoms with Gasteiger partial charge in [0.25, 0.3) is 0 Å². The SMILES string of the molecule is C=C1C(NS(=O)c2ccc3cc(Cl)ccc3c2)CCN1c1ccc(C(C)C)cc1F. The molecule has 0 aromatic heterocycles. The van der Waals surface area contributed by atoms with Gasteiger partial charge in [-0.25, -0.2) is 13.3 Å². The van der Waals surface area contributed by atoms with Gasteiger partial charge in [-0.1, -0.05) is 50.2 Å². The number of fused-ring (bicyclic) bond motifs is 1. The van der Waals surface area contributed by atoms with E-state index in [0.29, 0.717) is 28.6 Å². The minimum absolute atomic E-state index is 0.184. The van der Waals surface area contributed by atoms with Crippen LogP contribution in [0.5, 0.6) is 0 Å². The summed E-state index contributed by atoms with van der Waals surface area (Å²) in [5.41, 5.74) is 2.21. The molecule has 1 fully saturated rings. The highest BCUT2D eigenvalue weighted by Crippen LogP contribution is 2.32. The summed E-state index contributed by atoms with van der Waals surface area (Å²) in [6.07, 6.45) is 0.707. The van der Waals surface area contributed by atoms with Crippen molar-refractivity contribution in [1.82, 2.24) is 4.72 Å². The number of nitrogens with zero attached hydrogens (tertiary/aromatic N) is 1. The minimum Gasteiger partial charge on any atom is -0.342 e. The number of nitrogens with one attached hydrogen (secondary N) is 1. The fraction of sp³-hybridized carbons (Fsp3) is 0.250. The van der Waals surface area contributed by atoms with Crippen molar-refractivity contribution in [1.29, 1.82) is 0 Å². The van der Waals surface area contributed by atoms with Crippen LogP contribution in [0.1, 0.15) is 31.7 Å². The first kappa shape index (κ1) is 21.0. The molecule has 0 bridgehead atoms. The molecule has 3 aromatic rings. The summed E-state index contributed by atoms with van der Waals surface area (Å²) in [4.78, 5) is 2.56. The molecule has 30 heavy (non-hydrogen) atoms. The molecule has 2 unspecified atom stereocenters. The van der Waals surface area contributed by atoms with Crippen LogP contribution in [0.15, 0.2) is 71.8 Å². The Bertz CT molecular complexity index is 1150. The molecule has 6 heteroatoms. The second kappa shape index (κ2) is 8.50. The molecule has 2 atom stereocenters. The summed E-state index contributed by atoms with van der Waals surface area (Å²) in [6, 6.07) is 16.4. The van der Waals surface area contributed by atoms with Crippen LogP contribution >= 0.6 is 11.6 Å². The summed E-state index contributed by atoms with van der Waals surface area (Å²) in [5, 5.41) is 2.65. The van der Waals surface area contributed by atoms with Gasteiger partial charge in [0, 0.05) is 17.3 Å². The molecule has 156 valence electrons. The van der Waals surface area contributed by atoms with Gasteiger partial charge in [0.15, 0.2) is 0 Å². The number of halogens is 2. The molecule has 0 radical (unpaired) electrons. The van der Waals surface area contributed by atoms with Gasteiger partial charge in [0.05, 0.1) is 16.6 Å². The van der Waals surface area contributed by atoms with Crippen LogP contribution in [-0.2, 0) is 11.0 Å². The molecule has 0 saturated carbocycles. The van der Waals surface area contributed by atoms with Gasteiger partial charge in [0.2, 0.25) is 0 Å². The van der Waals surface area contributed by atoms with Crippen LogP contribution in [0.4, 0.5) is 10.1 Å². The molecule has 1 N–H and O–H groups in total. The van der Waals surface area contributed by atoms with Crippen molar-refractivity contribution in [2.45, 2.75) is 37.1 Å². The van der Waals surface area contributed by atoms with E-state index in [1.807, 2.05) is 67.3 Å². The Balaban J connectivity index is 1.49. The molecular weight excluding hydrogens is 419 g/mol. The first-order valence-electron chi connectivity index (χ1n) is 9.96. The maximum atomic E-state index is 14.7. The molecule has 0 spiro atoms. The molecule has 0 aliphatic carbocycles. The second-order valence-corrected chi connectivity index (χ2v) is 9.57. The monoisotopic (exact) mass is 442 g/mol. The van der Waals surface area contributed by atoms with E-state index in [0.717, 1.165) is 22.0 Å². The molecule has 1 heterocycles. The molecule has 1 saturated heterocycles. The average molecular weight is 443 g/mol. The second-order valence-electron chi connectivity index (χ2n) is 7.89. The van der Waals surface area contributed by atoms with Crippen LogP contribution < -0.4 is 9.62 Å². The van der Waals surface area contributed by atoms with Crippen LogP contribution in [0.3, 0.4) is 0 Å². The molecule has 0 amide bonds. The van der Waals surface area contributed by atoms with Crippen molar-refractivity contribution in [3.8, 4) is 0 Å². The van der Waals surface area contributed by atoms with E-state index in [4.69, 9.17) is 11.6 Å². The van der Waals surface area contributed by atoms with Gasteiger partial charge in [-0.3, -0.25) is 0 Å². The van der Waals surface area contributed by atoms with E-state index < -0.39 is 11.0 Å². The Kier molecular flexibility index (Phi) is 5.96. The summed E-state index contributed by atoms with van der Waals surface area (Å²) >= 11 is 6.04. The maximum Gasteiger partial charge on any atom is 0.147 e. The highest BCUT2D eigenvalue weighted by atomic mass is 35.5. The van der Waals surface area contributed by atoms with E-state index in [1.165, 1.54) is 0 Å². The number of rotatable bonds is 5. The Morgan fingerprint density at radius 2 is 1.87 bits per heavy atom. The number of anilines is 1. The van der Waals surface area contributed by atoms with E-state index in [2.05, 4.69) is 11.3 Å². The summed E-state index contributed by atoms with van der Waals surface area (Å²) in [7, 11) is -1.41. The third kappa shape index (κ3) is 4.15. The van der Waals surface area contributed by atoms with Gasteiger partial charge in [0.1, 0.15) is 16.8 Å². The van der Waals surface area contributed by atoms with Gasteiger partial charge < -0.3 is 4.90 Å². The summed E-state index contributed by atoms with van der Waals surface area (Å²) < 4.78 is 30.8. The normalized spacial score (nSPS) is 17.8. The lowest BCUT2D eigenvalue weighted by Gasteiger charge is -2.23. The lowest BCUT2D eigenvalue weighted by atomic mass is 10.0. The zero-order valence-electron chi connectivity index (χ0n) is 17.0. The first-order valence-corrected chi connectivity index (χ1v) is 11.5. The minimum atomic E-state index is -1.41. The summed E-state index contributed by atoms with van der Waals surface area (Å²) in [5.74, 6) is 0.0162. The molecule has 1 aliphatic heterocycles. The van der Waals surface area contributed by atoms with Gasteiger partial charge >= 0.3 is 0 Å². The van der Waals surface area contributed by atoms with E-state index >= 15 is 0 Å². The maximum absolute atomic E-state index is 14.7. The molecule has 4 rings (SSSR count). The third-order valence-electron chi connectivity index (χ3n) is 5.56. The summed E-state index contributed by atoms with van der Waals surface area (Å²) in [6.45, 7) is 8.86. The fourth-order valence-electron chi connectivity index (χ4n) is 3.77. The van der Waals surface area contributed by atoms with Crippen LogP contribution in [0.2, 0.25) is 5.02 Å². The van der Waals surface area contributed by atoms with Crippen LogP contribution in [0, 0.1) is 5.82 Å². The quantitative estimate of drug-likeness (QED) is 0.513. The van der Waals surface area contributed by atoms with E-state index in [-0.39, 0.29) is 17.8 Å². The van der Waals surface area contributed by atoms with E-state index in [1.54, 1.807) is 6.07 Å². The third-order valence-corrected chi connectivity index (χ3v) is 6.97. The Morgan fingerprint density at radius 1 is 1.13 bits per heavy atom. The highest BCUT2D eigenvalue weighted by Gasteiger charge is 2.30. The van der Waals surface area contributed by atoms with E-state index in [9.17, 15) is 8.60 Å². The van der Waals surface area contributed by atoms with Crippen molar-refractivity contribution >= 4 is 39.0 Å². The molecule has 3 nitrogen and oxygen atoms in total. The van der Waals surface area contributed by atoms with Gasteiger partial charge in [-0.05, 0) is 65.1 Å². The topological polar surface area (TPSA) is 32.3 Å². The molecule has 1 aliphatic rings. The number of hydrogen-bond acceptors (Lipinski definition) is 2. The lowest BCUT2D eigenvalue weighted by Crippen LogP contribution is -2.32. The Morgan fingerprint density at radius 3 is 2.60 bits per heavy atom. The van der Waals surface area contributed by atoms with Gasteiger partial charge in [-0.2, -0.15) is 0 Å². The predicted molar refractivity (Wildman–Crippen MR) is 124 cm³/mol. The van der Waals surface area contributed by atoms with Crippen molar-refractivity contribution in [3.05, 3.63) is 83.3 Å². The standard InChI is InChI=1S/C24H24ClFN2OS/c1-15(2)17-6-9-24(22(26)14-17)28-11-10-23(16(28)3)27-30(29)21-8-5-18-12-20(25)7-4-19(18)13-21/h4-9,12-15,23,27H,3,10-11H2,1-2H3. The van der Waals surface area contributed by atoms with Crippen molar-refractivity contribution in [3.63, 3.8) is 0 Å². The molecule has 3 aromatic carbocycles. The smallest absolute Gasteiger partial charge is 0.147 e. The Hall–Kier alpha value is -2.21. The first-order chi connectivity index (χ1) is 14.3. The van der Waals surface area contributed by atoms with Crippen molar-refractivity contribution in [2.75, 3.05) is 11.4 Å². The van der Waals surface area contributed by atoms with Crippen LogP contribution in [-0.4, -0.2) is 16.8 Å².